The smallest absolute Gasteiger partial charge is 0.292 e. The van der Waals surface area contributed by atoms with Gasteiger partial charge in [-0.2, -0.15) is 0 Å². The van der Waals surface area contributed by atoms with Gasteiger partial charge in [0, 0.05) is 19.2 Å². The van der Waals surface area contributed by atoms with E-state index >= 15 is 0 Å². The first-order valence-corrected chi connectivity index (χ1v) is 6.80. The number of nitro benzene ring substituents is 1. The summed E-state index contributed by atoms with van der Waals surface area (Å²) in [5.74, 6) is 1.32. The molecule has 0 radical (unpaired) electrons. The molecule has 2 aliphatic rings. The molecule has 0 spiro atoms. The van der Waals surface area contributed by atoms with Crippen molar-refractivity contribution in [3.63, 3.8) is 0 Å². The highest BCUT2D eigenvalue weighted by atomic mass is 16.6. The molecule has 1 aromatic rings. The highest BCUT2D eigenvalue weighted by Crippen LogP contribution is 2.38. The van der Waals surface area contributed by atoms with Gasteiger partial charge in [0.25, 0.3) is 5.69 Å². The fourth-order valence-corrected chi connectivity index (χ4v) is 3.26. The molecule has 3 rings (SSSR count). The van der Waals surface area contributed by atoms with Crippen LogP contribution in [0.4, 0.5) is 11.4 Å². The zero-order valence-corrected chi connectivity index (χ0v) is 11.1. The Kier molecular flexibility index (Phi) is 3.01. The van der Waals surface area contributed by atoms with E-state index < -0.39 is 0 Å². The van der Waals surface area contributed by atoms with E-state index in [1.165, 1.54) is 0 Å². The van der Waals surface area contributed by atoms with Crippen LogP contribution in [0.1, 0.15) is 18.4 Å². The molecule has 1 saturated heterocycles. The van der Waals surface area contributed by atoms with E-state index in [0.717, 1.165) is 37.2 Å². The molecule has 2 atom stereocenters. The highest BCUT2D eigenvalue weighted by Gasteiger charge is 2.35. The average Bonchev–Trinajstić information content (AvgIpc) is 2.82. The van der Waals surface area contributed by atoms with Gasteiger partial charge in [-0.05, 0) is 43.2 Å². The van der Waals surface area contributed by atoms with E-state index in [-0.39, 0.29) is 10.6 Å². The van der Waals surface area contributed by atoms with Crippen LogP contribution in [0.3, 0.4) is 0 Å². The first-order chi connectivity index (χ1) is 9.15. The zero-order valence-electron chi connectivity index (χ0n) is 11.1. The summed E-state index contributed by atoms with van der Waals surface area (Å²) in [4.78, 5) is 13.1. The first-order valence-electron chi connectivity index (χ1n) is 6.80. The van der Waals surface area contributed by atoms with Gasteiger partial charge in [-0.3, -0.25) is 10.1 Å². The molecule has 0 saturated carbocycles. The lowest BCUT2D eigenvalue weighted by Gasteiger charge is -2.18. The number of hydrogen-bond acceptors (Lipinski definition) is 3. The summed E-state index contributed by atoms with van der Waals surface area (Å²) in [7, 11) is 0. The fourth-order valence-electron chi connectivity index (χ4n) is 3.26. The van der Waals surface area contributed by atoms with E-state index in [1.54, 1.807) is 6.07 Å². The maximum Gasteiger partial charge on any atom is 0.292 e. The van der Waals surface area contributed by atoms with E-state index in [2.05, 4.69) is 17.1 Å². The van der Waals surface area contributed by atoms with Crippen LogP contribution in [0.25, 0.3) is 0 Å². The summed E-state index contributed by atoms with van der Waals surface area (Å²) in [5.41, 5.74) is 1.96. The number of anilines is 1. The summed E-state index contributed by atoms with van der Waals surface area (Å²) in [6, 6.07) is 5.54. The Balaban J connectivity index is 1.89. The van der Waals surface area contributed by atoms with E-state index in [1.807, 2.05) is 19.1 Å². The lowest BCUT2D eigenvalue weighted by Crippen LogP contribution is -2.21. The average molecular weight is 258 g/mol. The molecule has 1 aliphatic carbocycles. The van der Waals surface area contributed by atoms with Crippen LogP contribution < -0.4 is 4.90 Å². The van der Waals surface area contributed by atoms with Gasteiger partial charge in [0.1, 0.15) is 5.69 Å². The summed E-state index contributed by atoms with van der Waals surface area (Å²) < 4.78 is 0. The fraction of sp³-hybridized carbons (Fsp3) is 0.467. The van der Waals surface area contributed by atoms with E-state index in [0.29, 0.717) is 11.8 Å². The van der Waals surface area contributed by atoms with Crippen molar-refractivity contribution in [1.82, 2.24) is 0 Å². The Bertz CT molecular complexity index is 523. The van der Waals surface area contributed by atoms with E-state index in [9.17, 15) is 10.1 Å². The van der Waals surface area contributed by atoms with Crippen LogP contribution in [0.5, 0.6) is 0 Å². The maximum atomic E-state index is 11.2. The number of benzene rings is 1. The van der Waals surface area contributed by atoms with Gasteiger partial charge in [0.05, 0.1) is 4.92 Å². The molecule has 100 valence electrons. The number of allylic oxidation sites excluding steroid dienone is 2. The third kappa shape index (κ3) is 2.23. The lowest BCUT2D eigenvalue weighted by atomic mass is 9.86. The van der Waals surface area contributed by atoms with Crippen LogP contribution in [-0.2, 0) is 0 Å². The topological polar surface area (TPSA) is 46.4 Å². The minimum absolute atomic E-state index is 0.242. The van der Waals surface area contributed by atoms with Gasteiger partial charge in [-0.25, -0.2) is 0 Å². The Labute approximate surface area is 112 Å². The van der Waals surface area contributed by atoms with Crippen molar-refractivity contribution in [2.45, 2.75) is 19.8 Å². The van der Waals surface area contributed by atoms with Crippen molar-refractivity contribution in [2.24, 2.45) is 11.8 Å². The molecule has 0 bridgehead atoms. The lowest BCUT2D eigenvalue weighted by molar-refractivity contribution is -0.384. The number of aryl methyl sites for hydroxylation is 1. The highest BCUT2D eigenvalue weighted by molar-refractivity contribution is 5.65. The number of fused-ring (bicyclic) bond motifs is 1. The standard InChI is InChI=1S/C15H18N2O2/c1-11-6-7-14(15(8-11)17(18)19)16-9-12-4-2-3-5-13(12)10-16/h2-3,6-8,12-13H,4-5,9-10H2,1H3. The van der Waals surface area contributed by atoms with Crippen LogP contribution in [0, 0.1) is 28.9 Å². The minimum atomic E-state index is -0.261. The SMILES string of the molecule is Cc1ccc(N2CC3CC=CCC3C2)c([N+](=O)[O-])c1. The number of nitrogens with zero attached hydrogens (tertiary/aromatic N) is 2. The van der Waals surface area contributed by atoms with Crippen molar-refractivity contribution >= 4 is 11.4 Å². The molecule has 1 aromatic carbocycles. The molecule has 1 heterocycles. The predicted molar refractivity (Wildman–Crippen MR) is 75.4 cm³/mol. The normalized spacial score (nSPS) is 25.4. The predicted octanol–water partition coefficient (Wildman–Crippen LogP) is 3.31. The Morgan fingerprint density at radius 3 is 2.42 bits per heavy atom. The van der Waals surface area contributed by atoms with Crippen LogP contribution in [-0.4, -0.2) is 18.0 Å². The van der Waals surface area contributed by atoms with Gasteiger partial charge >= 0.3 is 0 Å². The summed E-state index contributed by atoms with van der Waals surface area (Å²) in [6.45, 7) is 3.78. The molecule has 1 aliphatic heterocycles. The van der Waals surface area contributed by atoms with Gasteiger partial charge in [0.2, 0.25) is 0 Å². The molecular weight excluding hydrogens is 240 g/mol. The van der Waals surface area contributed by atoms with Crippen molar-refractivity contribution < 1.29 is 4.92 Å². The summed E-state index contributed by atoms with van der Waals surface area (Å²) in [6.07, 6.45) is 6.71. The molecule has 0 aromatic heterocycles. The third-order valence-corrected chi connectivity index (χ3v) is 4.29. The molecule has 4 heteroatoms. The summed E-state index contributed by atoms with van der Waals surface area (Å²) >= 11 is 0. The second-order valence-corrected chi connectivity index (χ2v) is 5.62. The number of hydrogen-bond donors (Lipinski definition) is 0. The Hall–Kier alpha value is -1.84. The molecule has 0 N–H and O–H groups in total. The van der Waals surface area contributed by atoms with Gasteiger partial charge in [-0.15, -0.1) is 0 Å². The molecule has 0 amide bonds. The van der Waals surface area contributed by atoms with Crippen molar-refractivity contribution in [3.05, 3.63) is 46.0 Å². The van der Waals surface area contributed by atoms with Crippen LogP contribution in [0.2, 0.25) is 0 Å². The second kappa shape index (κ2) is 4.68. The Morgan fingerprint density at radius 1 is 1.21 bits per heavy atom. The number of nitro groups is 1. The van der Waals surface area contributed by atoms with Crippen LogP contribution >= 0.6 is 0 Å². The second-order valence-electron chi connectivity index (χ2n) is 5.62. The molecule has 19 heavy (non-hydrogen) atoms. The summed E-state index contributed by atoms with van der Waals surface area (Å²) in [5, 5.41) is 11.2. The van der Waals surface area contributed by atoms with Gasteiger partial charge < -0.3 is 4.90 Å². The largest absolute Gasteiger partial charge is 0.365 e. The molecule has 1 fully saturated rings. The van der Waals surface area contributed by atoms with Gasteiger partial charge in [-0.1, -0.05) is 18.2 Å². The quantitative estimate of drug-likeness (QED) is 0.464. The molecule has 2 unspecified atom stereocenters. The monoisotopic (exact) mass is 258 g/mol. The third-order valence-electron chi connectivity index (χ3n) is 4.29. The zero-order chi connectivity index (χ0) is 13.4. The van der Waals surface area contributed by atoms with Crippen molar-refractivity contribution in [3.8, 4) is 0 Å². The van der Waals surface area contributed by atoms with Crippen molar-refractivity contribution in [2.75, 3.05) is 18.0 Å². The molecule has 4 nitrogen and oxygen atoms in total. The van der Waals surface area contributed by atoms with Crippen molar-refractivity contribution in [1.29, 1.82) is 0 Å². The maximum absolute atomic E-state index is 11.2. The van der Waals surface area contributed by atoms with E-state index in [4.69, 9.17) is 0 Å². The Morgan fingerprint density at radius 2 is 1.84 bits per heavy atom. The van der Waals surface area contributed by atoms with Gasteiger partial charge in [0.15, 0.2) is 0 Å². The number of rotatable bonds is 2. The minimum Gasteiger partial charge on any atom is -0.365 e. The van der Waals surface area contributed by atoms with Crippen LogP contribution in [0.15, 0.2) is 30.4 Å². The molecular formula is C15H18N2O2. The first kappa shape index (κ1) is 12.2.